The number of nitrogens with zero attached hydrogens (tertiary/aromatic N) is 1. The maximum absolute atomic E-state index is 5.63. The number of pyridine rings is 1. The molecule has 0 amide bonds. The third kappa shape index (κ3) is 2.05. The van der Waals surface area contributed by atoms with E-state index in [9.17, 15) is 0 Å². The molecule has 0 bridgehead atoms. The van der Waals surface area contributed by atoms with E-state index in [0.717, 1.165) is 25.4 Å². The van der Waals surface area contributed by atoms with Crippen molar-refractivity contribution in [2.45, 2.75) is 13.0 Å². The van der Waals surface area contributed by atoms with E-state index in [1.54, 1.807) is 0 Å². The lowest BCUT2D eigenvalue weighted by Crippen LogP contribution is -2.33. The molecule has 2 heterocycles. The smallest absolute Gasteiger partial charge is 0.0951 e. The zero-order valence-corrected chi connectivity index (χ0v) is 7.79. The summed E-state index contributed by atoms with van der Waals surface area (Å²) in [5, 5.41) is 3.31. The SMILES string of the molecule is Cc1cc(C2CNCCO2)ccn1. The molecule has 13 heavy (non-hydrogen) atoms. The van der Waals surface area contributed by atoms with Crippen molar-refractivity contribution in [2.75, 3.05) is 19.7 Å². The second kappa shape index (κ2) is 3.85. The van der Waals surface area contributed by atoms with E-state index in [1.807, 2.05) is 19.2 Å². The zero-order chi connectivity index (χ0) is 9.10. The van der Waals surface area contributed by atoms with Gasteiger partial charge >= 0.3 is 0 Å². The molecule has 2 rings (SSSR count). The summed E-state index contributed by atoms with van der Waals surface area (Å²) in [5.74, 6) is 0. The molecule has 1 aliphatic heterocycles. The highest BCUT2D eigenvalue weighted by Gasteiger charge is 2.15. The maximum atomic E-state index is 5.63. The zero-order valence-electron chi connectivity index (χ0n) is 7.79. The van der Waals surface area contributed by atoms with Gasteiger partial charge in [0.1, 0.15) is 0 Å². The number of hydrogen-bond acceptors (Lipinski definition) is 3. The van der Waals surface area contributed by atoms with Crippen LogP contribution in [-0.2, 0) is 4.74 Å². The Hall–Kier alpha value is -0.930. The quantitative estimate of drug-likeness (QED) is 0.698. The van der Waals surface area contributed by atoms with Gasteiger partial charge in [-0.3, -0.25) is 4.98 Å². The Morgan fingerprint density at radius 3 is 3.23 bits per heavy atom. The second-order valence-electron chi connectivity index (χ2n) is 3.29. The first-order chi connectivity index (χ1) is 6.36. The van der Waals surface area contributed by atoms with Crippen LogP contribution in [0.2, 0.25) is 0 Å². The minimum absolute atomic E-state index is 0.204. The van der Waals surface area contributed by atoms with Crippen molar-refractivity contribution in [3.8, 4) is 0 Å². The number of aromatic nitrogens is 1. The van der Waals surface area contributed by atoms with Crippen LogP contribution < -0.4 is 5.32 Å². The van der Waals surface area contributed by atoms with E-state index in [-0.39, 0.29) is 6.10 Å². The first kappa shape index (κ1) is 8.66. The highest BCUT2D eigenvalue weighted by Crippen LogP contribution is 2.18. The largest absolute Gasteiger partial charge is 0.371 e. The van der Waals surface area contributed by atoms with Gasteiger partial charge in [0.25, 0.3) is 0 Å². The van der Waals surface area contributed by atoms with Crippen LogP contribution >= 0.6 is 0 Å². The summed E-state index contributed by atoms with van der Waals surface area (Å²) in [4.78, 5) is 4.16. The van der Waals surface area contributed by atoms with Gasteiger partial charge in [-0.1, -0.05) is 0 Å². The van der Waals surface area contributed by atoms with Gasteiger partial charge in [0.05, 0.1) is 12.7 Å². The van der Waals surface area contributed by atoms with Crippen LogP contribution in [0.25, 0.3) is 0 Å². The molecule has 1 aliphatic rings. The first-order valence-corrected chi connectivity index (χ1v) is 4.61. The van der Waals surface area contributed by atoms with Gasteiger partial charge in [-0.2, -0.15) is 0 Å². The minimum atomic E-state index is 0.204. The van der Waals surface area contributed by atoms with E-state index < -0.39 is 0 Å². The average Bonchev–Trinajstić information content (AvgIpc) is 2.19. The van der Waals surface area contributed by atoms with Crippen molar-refractivity contribution in [1.29, 1.82) is 0 Å². The van der Waals surface area contributed by atoms with E-state index in [4.69, 9.17) is 4.74 Å². The van der Waals surface area contributed by atoms with Crippen LogP contribution in [0.15, 0.2) is 18.3 Å². The normalized spacial score (nSPS) is 23.0. The highest BCUT2D eigenvalue weighted by molar-refractivity contribution is 5.18. The highest BCUT2D eigenvalue weighted by atomic mass is 16.5. The summed E-state index contributed by atoms with van der Waals surface area (Å²) in [7, 11) is 0. The Kier molecular flexibility index (Phi) is 2.57. The number of aryl methyl sites for hydroxylation is 1. The van der Waals surface area contributed by atoms with E-state index in [0.29, 0.717) is 0 Å². The summed E-state index contributed by atoms with van der Waals surface area (Å²) < 4.78 is 5.63. The lowest BCUT2D eigenvalue weighted by atomic mass is 10.1. The van der Waals surface area contributed by atoms with Crippen molar-refractivity contribution in [3.63, 3.8) is 0 Å². The maximum Gasteiger partial charge on any atom is 0.0951 e. The summed E-state index contributed by atoms with van der Waals surface area (Å²) in [6.07, 6.45) is 2.04. The molecule has 1 unspecified atom stereocenters. The van der Waals surface area contributed by atoms with Gasteiger partial charge < -0.3 is 10.1 Å². The number of ether oxygens (including phenoxy) is 1. The molecule has 3 nitrogen and oxygen atoms in total. The number of morpholine rings is 1. The van der Waals surface area contributed by atoms with Gasteiger partial charge in [-0.15, -0.1) is 0 Å². The molecule has 1 N–H and O–H groups in total. The van der Waals surface area contributed by atoms with Crippen molar-refractivity contribution >= 4 is 0 Å². The first-order valence-electron chi connectivity index (χ1n) is 4.61. The van der Waals surface area contributed by atoms with Crippen molar-refractivity contribution in [2.24, 2.45) is 0 Å². The lowest BCUT2D eigenvalue weighted by molar-refractivity contribution is 0.0276. The molecule has 0 spiro atoms. The van der Waals surface area contributed by atoms with Gasteiger partial charge in [0, 0.05) is 25.0 Å². The van der Waals surface area contributed by atoms with Gasteiger partial charge in [-0.05, 0) is 24.6 Å². The molecule has 1 saturated heterocycles. The van der Waals surface area contributed by atoms with Gasteiger partial charge in [0.2, 0.25) is 0 Å². The van der Waals surface area contributed by atoms with E-state index >= 15 is 0 Å². The van der Waals surface area contributed by atoms with Gasteiger partial charge in [-0.25, -0.2) is 0 Å². The predicted octanol–water partition coefficient (Wildman–Crippen LogP) is 1.05. The molecule has 1 aromatic rings. The predicted molar refractivity (Wildman–Crippen MR) is 50.5 cm³/mol. The summed E-state index contributed by atoms with van der Waals surface area (Å²) in [5.41, 5.74) is 2.27. The molecule has 0 radical (unpaired) electrons. The molecule has 0 aromatic carbocycles. The topological polar surface area (TPSA) is 34.1 Å². The Morgan fingerprint density at radius 1 is 1.62 bits per heavy atom. The van der Waals surface area contributed by atoms with Crippen molar-refractivity contribution in [3.05, 3.63) is 29.6 Å². The fourth-order valence-electron chi connectivity index (χ4n) is 1.55. The fourth-order valence-corrected chi connectivity index (χ4v) is 1.55. The van der Waals surface area contributed by atoms with Crippen LogP contribution in [0.5, 0.6) is 0 Å². The van der Waals surface area contributed by atoms with Crippen LogP contribution in [0.4, 0.5) is 0 Å². The van der Waals surface area contributed by atoms with E-state index in [1.165, 1.54) is 5.56 Å². The Morgan fingerprint density at radius 2 is 2.54 bits per heavy atom. The van der Waals surface area contributed by atoms with Crippen molar-refractivity contribution < 1.29 is 4.74 Å². The monoisotopic (exact) mass is 178 g/mol. The molecule has 1 aromatic heterocycles. The molecule has 0 saturated carbocycles. The summed E-state index contributed by atoms with van der Waals surface area (Å²) in [6, 6.07) is 4.10. The third-order valence-corrected chi connectivity index (χ3v) is 2.22. The number of hydrogen-bond donors (Lipinski definition) is 1. The molecule has 1 atom stereocenters. The van der Waals surface area contributed by atoms with Crippen LogP contribution in [0, 0.1) is 6.92 Å². The van der Waals surface area contributed by atoms with Gasteiger partial charge in [0.15, 0.2) is 0 Å². The summed E-state index contributed by atoms with van der Waals surface area (Å²) in [6.45, 7) is 4.66. The molecule has 0 aliphatic carbocycles. The molecule has 70 valence electrons. The molecular weight excluding hydrogens is 164 g/mol. The molecular formula is C10H14N2O. The van der Waals surface area contributed by atoms with Crippen LogP contribution in [0.1, 0.15) is 17.4 Å². The lowest BCUT2D eigenvalue weighted by Gasteiger charge is -2.23. The second-order valence-corrected chi connectivity index (χ2v) is 3.29. The number of nitrogens with one attached hydrogen (secondary N) is 1. The van der Waals surface area contributed by atoms with Crippen molar-refractivity contribution in [1.82, 2.24) is 10.3 Å². The summed E-state index contributed by atoms with van der Waals surface area (Å²) >= 11 is 0. The van der Waals surface area contributed by atoms with Crippen LogP contribution in [-0.4, -0.2) is 24.7 Å². The van der Waals surface area contributed by atoms with Crippen LogP contribution in [0.3, 0.4) is 0 Å². The molecule has 1 fully saturated rings. The minimum Gasteiger partial charge on any atom is -0.371 e. The molecule has 3 heteroatoms. The standard InChI is InChI=1S/C10H14N2O/c1-8-6-9(2-3-12-8)10-7-11-4-5-13-10/h2-3,6,10-11H,4-5,7H2,1H3. The average molecular weight is 178 g/mol. The Balaban J connectivity index is 2.14. The fraction of sp³-hybridized carbons (Fsp3) is 0.500. The number of rotatable bonds is 1. The third-order valence-electron chi connectivity index (χ3n) is 2.22. The van der Waals surface area contributed by atoms with E-state index in [2.05, 4.69) is 16.4 Å². The Bertz CT molecular complexity index is 282. The Labute approximate surface area is 78.1 Å².